The fourth-order valence-corrected chi connectivity index (χ4v) is 1.91. The van der Waals surface area contributed by atoms with Gasteiger partial charge >= 0.3 is 5.69 Å². The topological polar surface area (TPSA) is 102 Å². The van der Waals surface area contributed by atoms with E-state index in [0.717, 1.165) is 11.1 Å². The number of nitrogens with zero attached hydrogens (tertiary/aromatic N) is 1. The van der Waals surface area contributed by atoms with Gasteiger partial charge in [-0.2, -0.15) is 0 Å². The minimum Gasteiger partial charge on any atom is -0.449 e. The van der Waals surface area contributed by atoms with Crippen LogP contribution in [-0.4, -0.2) is 10.8 Å². The molecule has 0 amide bonds. The number of aryl methyl sites for hydroxylation is 2. The van der Waals surface area contributed by atoms with E-state index in [1.165, 1.54) is 6.07 Å². The molecule has 3 N–H and O–H groups in total. The van der Waals surface area contributed by atoms with Crippen LogP contribution in [0.4, 0.5) is 5.69 Å². The van der Waals surface area contributed by atoms with Crippen molar-refractivity contribution >= 4 is 11.5 Å². The third kappa shape index (κ3) is 3.17. The van der Waals surface area contributed by atoms with Gasteiger partial charge in [-0.15, -0.1) is 0 Å². The molecule has 2 aromatic carbocycles. The lowest BCUT2D eigenvalue weighted by molar-refractivity contribution is -0.385. The van der Waals surface area contributed by atoms with Gasteiger partial charge in [0, 0.05) is 6.07 Å². The predicted octanol–water partition coefficient (Wildman–Crippen LogP) is 3.29. The molecule has 0 saturated heterocycles. The van der Waals surface area contributed by atoms with E-state index < -0.39 is 4.92 Å². The number of nitrogen functional groups attached to an aromatic ring is 1. The van der Waals surface area contributed by atoms with Crippen LogP contribution < -0.4 is 10.5 Å². The van der Waals surface area contributed by atoms with Crippen molar-refractivity contribution in [2.24, 2.45) is 5.73 Å². The van der Waals surface area contributed by atoms with Gasteiger partial charge in [0.05, 0.1) is 10.5 Å². The number of amidine groups is 1. The standard InChI is InChI=1S/C15H15N3O3/c1-9-4-6-13(12(7-9)18(19)20)21-14-8-10(2)3-5-11(14)15(16)17/h3-8H,1-2H3,(H3,16,17). The molecule has 108 valence electrons. The third-order valence-electron chi connectivity index (χ3n) is 2.96. The number of benzene rings is 2. The van der Waals surface area contributed by atoms with Crippen molar-refractivity contribution in [2.75, 3.05) is 0 Å². The normalized spacial score (nSPS) is 10.2. The number of nitrogens with one attached hydrogen (secondary N) is 1. The Morgan fingerprint density at radius 1 is 1.14 bits per heavy atom. The summed E-state index contributed by atoms with van der Waals surface area (Å²) < 4.78 is 5.64. The van der Waals surface area contributed by atoms with Crippen LogP contribution in [0.5, 0.6) is 11.5 Å². The first-order chi connectivity index (χ1) is 9.88. The molecule has 0 aromatic heterocycles. The molecule has 2 rings (SSSR count). The fraction of sp³-hybridized carbons (Fsp3) is 0.133. The predicted molar refractivity (Wildman–Crippen MR) is 80.1 cm³/mol. The summed E-state index contributed by atoms with van der Waals surface area (Å²) in [6.07, 6.45) is 0. The highest BCUT2D eigenvalue weighted by Gasteiger charge is 2.17. The van der Waals surface area contributed by atoms with E-state index >= 15 is 0 Å². The Labute approximate surface area is 121 Å². The lowest BCUT2D eigenvalue weighted by Gasteiger charge is -2.11. The summed E-state index contributed by atoms with van der Waals surface area (Å²) in [5.41, 5.74) is 7.46. The molecule has 0 aliphatic heterocycles. The van der Waals surface area contributed by atoms with E-state index in [2.05, 4.69) is 0 Å². The molecular formula is C15H15N3O3. The molecule has 0 atom stereocenters. The number of hydrogen-bond donors (Lipinski definition) is 2. The number of nitro groups is 1. The van der Waals surface area contributed by atoms with E-state index in [9.17, 15) is 10.1 Å². The summed E-state index contributed by atoms with van der Waals surface area (Å²) in [5.74, 6) is 0.299. The van der Waals surface area contributed by atoms with E-state index in [4.69, 9.17) is 15.9 Å². The Balaban J connectivity index is 2.50. The molecule has 0 fully saturated rings. The lowest BCUT2D eigenvalue weighted by atomic mass is 10.1. The summed E-state index contributed by atoms with van der Waals surface area (Å²) in [5, 5.41) is 18.7. The molecule has 0 saturated carbocycles. The molecule has 0 radical (unpaired) electrons. The first kappa shape index (κ1) is 14.5. The van der Waals surface area contributed by atoms with Gasteiger partial charge in [0.25, 0.3) is 0 Å². The van der Waals surface area contributed by atoms with Crippen LogP contribution in [0.2, 0.25) is 0 Å². The molecule has 6 heteroatoms. The molecular weight excluding hydrogens is 270 g/mol. The second-order valence-electron chi connectivity index (χ2n) is 4.74. The number of nitrogens with two attached hydrogens (primary N) is 1. The molecule has 0 spiro atoms. The quantitative estimate of drug-likeness (QED) is 0.389. The summed E-state index contributed by atoms with van der Waals surface area (Å²) in [6.45, 7) is 3.63. The maximum absolute atomic E-state index is 11.1. The van der Waals surface area contributed by atoms with Gasteiger partial charge in [-0.25, -0.2) is 0 Å². The average molecular weight is 285 g/mol. The Morgan fingerprint density at radius 3 is 2.38 bits per heavy atom. The smallest absolute Gasteiger partial charge is 0.311 e. The second-order valence-corrected chi connectivity index (χ2v) is 4.74. The molecule has 0 heterocycles. The Morgan fingerprint density at radius 2 is 1.76 bits per heavy atom. The maximum atomic E-state index is 11.1. The van der Waals surface area contributed by atoms with Gasteiger partial charge in [-0.3, -0.25) is 15.5 Å². The molecule has 0 aliphatic rings. The molecule has 21 heavy (non-hydrogen) atoms. The highest BCUT2D eigenvalue weighted by molar-refractivity contribution is 5.97. The maximum Gasteiger partial charge on any atom is 0.311 e. The van der Waals surface area contributed by atoms with Crippen molar-refractivity contribution in [3.63, 3.8) is 0 Å². The van der Waals surface area contributed by atoms with Gasteiger partial charge in [-0.1, -0.05) is 12.1 Å². The second kappa shape index (κ2) is 5.62. The number of rotatable bonds is 4. The largest absolute Gasteiger partial charge is 0.449 e. The van der Waals surface area contributed by atoms with Crippen LogP contribution in [0.1, 0.15) is 16.7 Å². The minimum absolute atomic E-state index is 0.119. The van der Waals surface area contributed by atoms with Gasteiger partial charge in [0.2, 0.25) is 5.75 Å². The average Bonchev–Trinajstić information content (AvgIpc) is 2.40. The van der Waals surface area contributed by atoms with E-state index in [-0.39, 0.29) is 17.3 Å². The van der Waals surface area contributed by atoms with Gasteiger partial charge in [-0.05, 0) is 43.2 Å². The van der Waals surface area contributed by atoms with E-state index in [1.807, 2.05) is 6.92 Å². The summed E-state index contributed by atoms with van der Waals surface area (Å²) in [6, 6.07) is 9.87. The van der Waals surface area contributed by atoms with Gasteiger partial charge < -0.3 is 10.5 Å². The van der Waals surface area contributed by atoms with Crippen LogP contribution in [0.3, 0.4) is 0 Å². The highest BCUT2D eigenvalue weighted by atomic mass is 16.6. The van der Waals surface area contributed by atoms with Gasteiger partial charge in [0.1, 0.15) is 11.6 Å². The third-order valence-corrected chi connectivity index (χ3v) is 2.96. The summed E-state index contributed by atoms with van der Waals surface area (Å²) >= 11 is 0. The molecule has 2 aromatic rings. The lowest BCUT2D eigenvalue weighted by Crippen LogP contribution is -2.12. The SMILES string of the molecule is Cc1ccc(C(=N)N)c(Oc2ccc(C)cc2[N+](=O)[O-])c1. The molecule has 0 bridgehead atoms. The molecule has 0 aliphatic carbocycles. The van der Waals surface area contributed by atoms with Crippen LogP contribution in [0.15, 0.2) is 36.4 Å². The molecule has 6 nitrogen and oxygen atoms in total. The van der Waals surface area contributed by atoms with E-state index in [1.54, 1.807) is 37.3 Å². The van der Waals surface area contributed by atoms with Crippen molar-refractivity contribution < 1.29 is 9.66 Å². The summed E-state index contributed by atoms with van der Waals surface area (Å²) in [7, 11) is 0. The Kier molecular flexibility index (Phi) is 3.89. The van der Waals surface area contributed by atoms with Crippen molar-refractivity contribution in [3.8, 4) is 11.5 Å². The van der Waals surface area contributed by atoms with Crippen molar-refractivity contribution in [1.29, 1.82) is 5.41 Å². The van der Waals surface area contributed by atoms with Crippen LogP contribution in [0, 0.1) is 29.4 Å². The fourth-order valence-electron chi connectivity index (χ4n) is 1.91. The van der Waals surface area contributed by atoms with Crippen LogP contribution in [0.25, 0.3) is 0 Å². The van der Waals surface area contributed by atoms with Crippen molar-refractivity contribution in [2.45, 2.75) is 13.8 Å². The Bertz CT molecular complexity index is 726. The zero-order valence-corrected chi connectivity index (χ0v) is 11.7. The zero-order chi connectivity index (χ0) is 15.6. The zero-order valence-electron chi connectivity index (χ0n) is 11.7. The number of hydrogen-bond acceptors (Lipinski definition) is 4. The number of ether oxygens (including phenoxy) is 1. The first-order valence-corrected chi connectivity index (χ1v) is 6.26. The summed E-state index contributed by atoms with van der Waals surface area (Å²) in [4.78, 5) is 10.6. The Hall–Kier alpha value is -2.89. The van der Waals surface area contributed by atoms with E-state index in [0.29, 0.717) is 11.3 Å². The van der Waals surface area contributed by atoms with Crippen molar-refractivity contribution in [3.05, 3.63) is 63.2 Å². The number of nitro benzene ring substituents is 1. The van der Waals surface area contributed by atoms with Crippen LogP contribution in [-0.2, 0) is 0 Å². The first-order valence-electron chi connectivity index (χ1n) is 6.26. The van der Waals surface area contributed by atoms with Crippen LogP contribution >= 0.6 is 0 Å². The van der Waals surface area contributed by atoms with Crippen molar-refractivity contribution in [1.82, 2.24) is 0 Å². The van der Waals surface area contributed by atoms with Gasteiger partial charge in [0.15, 0.2) is 0 Å². The molecule has 0 unspecified atom stereocenters. The monoisotopic (exact) mass is 285 g/mol. The highest BCUT2D eigenvalue weighted by Crippen LogP contribution is 2.33. The minimum atomic E-state index is -0.494.